The third kappa shape index (κ3) is 4.27. The fourth-order valence-corrected chi connectivity index (χ4v) is 2.73. The van der Waals surface area contributed by atoms with E-state index in [1.54, 1.807) is 6.07 Å². The Hall–Kier alpha value is -1.43. The van der Waals surface area contributed by atoms with E-state index in [-0.39, 0.29) is 5.97 Å². The molecule has 5 nitrogen and oxygen atoms in total. The molecule has 0 bridgehead atoms. The lowest BCUT2D eigenvalue weighted by Crippen LogP contribution is -2.45. The zero-order valence-electron chi connectivity index (χ0n) is 12.7. The monoisotopic (exact) mass is 293 g/mol. The summed E-state index contributed by atoms with van der Waals surface area (Å²) >= 11 is 0. The number of methoxy groups -OCH3 is 1. The normalized spacial score (nSPS) is 17.7. The highest BCUT2D eigenvalue weighted by atomic mass is 16.5. The fraction of sp³-hybridized carbons (Fsp3) is 0.562. The number of esters is 1. The lowest BCUT2D eigenvalue weighted by atomic mass is 9.93. The Kier molecular flexibility index (Phi) is 5.33. The average Bonchev–Trinajstić information content (AvgIpc) is 2.47. The molecule has 0 radical (unpaired) electrons. The van der Waals surface area contributed by atoms with E-state index in [0.29, 0.717) is 44.7 Å². The van der Waals surface area contributed by atoms with Crippen molar-refractivity contribution in [2.45, 2.75) is 25.0 Å². The first kappa shape index (κ1) is 15.9. The Morgan fingerprint density at radius 2 is 2.05 bits per heavy atom. The Labute approximate surface area is 125 Å². The number of carbonyl (C=O) groups excluding carboxylic acids is 1. The maximum absolute atomic E-state index is 11.8. The predicted molar refractivity (Wildman–Crippen MR) is 79.1 cm³/mol. The van der Waals surface area contributed by atoms with Gasteiger partial charge in [0, 0.05) is 39.1 Å². The number of hydrogen-bond acceptors (Lipinski definition) is 5. The van der Waals surface area contributed by atoms with Crippen LogP contribution >= 0.6 is 0 Å². The molecular weight excluding hydrogens is 270 g/mol. The summed E-state index contributed by atoms with van der Waals surface area (Å²) in [6.45, 7) is 2.35. The number of carbonyl (C=O) groups is 1. The molecule has 0 saturated carbocycles. The maximum Gasteiger partial charge on any atom is 0.338 e. The van der Waals surface area contributed by atoms with E-state index in [4.69, 9.17) is 9.47 Å². The van der Waals surface area contributed by atoms with Gasteiger partial charge in [-0.05, 0) is 18.7 Å². The number of benzene rings is 1. The van der Waals surface area contributed by atoms with Crippen molar-refractivity contribution in [2.75, 3.05) is 33.9 Å². The molecule has 1 aromatic carbocycles. The summed E-state index contributed by atoms with van der Waals surface area (Å²) in [5.41, 5.74) is 0.779. The molecule has 116 valence electrons. The summed E-state index contributed by atoms with van der Waals surface area (Å²) < 4.78 is 10.1. The highest BCUT2D eigenvalue weighted by molar-refractivity contribution is 5.90. The Morgan fingerprint density at radius 1 is 1.38 bits per heavy atom. The summed E-state index contributed by atoms with van der Waals surface area (Å²) in [7, 11) is 3.33. The molecule has 1 saturated heterocycles. The molecule has 1 fully saturated rings. The van der Waals surface area contributed by atoms with Gasteiger partial charge >= 0.3 is 5.97 Å². The van der Waals surface area contributed by atoms with E-state index in [9.17, 15) is 9.90 Å². The lowest BCUT2D eigenvalue weighted by molar-refractivity contribution is -0.0777. The minimum Gasteiger partial charge on any atom is -0.465 e. The van der Waals surface area contributed by atoms with E-state index in [1.807, 2.05) is 30.1 Å². The van der Waals surface area contributed by atoms with Gasteiger partial charge in [0.2, 0.25) is 0 Å². The van der Waals surface area contributed by atoms with Crippen LogP contribution in [0.2, 0.25) is 0 Å². The van der Waals surface area contributed by atoms with Gasteiger partial charge < -0.3 is 14.6 Å². The van der Waals surface area contributed by atoms with Crippen LogP contribution in [0.25, 0.3) is 0 Å². The molecule has 1 heterocycles. The zero-order chi connectivity index (χ0) is 15.3. The van der Waals surface area contributed by atoms with Crippen LogP contribution in [0.1, 0.15) is 28.8 Å². The van der Waals surface area contributed by atoms with Gasteiger partial charge in [-0.15, -0.1) is 0 Å². The molecule has 0 spiro atoms. The van der Waals surface area contributed by atoms with Crippen molar-refractivity contribution in [1.29, 1.82) is 0 Å². The van der Waals surface area contributed by atoms with E-state index < -0.39 is 5.60 Å². The molecule has 5 heteroatoms. The van der Waals surface area contributed by atoms with E-state index in [1.165, 1.54) is 7.11 Å². The van der Waals surface area contributed by atoms with E-state index >= 15 is 0 Å². The van der Waals surface area contributed by atoms with Crippen LogP contribution < -0.4 is 0 Å². The van der Waals surface area contributed by atoms with E-state index in [0.717, 1.165) is 5.56 Å². The van der Waals surface area contributed by atoms with Gasteiger partial charge in [-0.3, -0.25) is 4.90 Å². The summed E-state index contributed by atoms with van der Waals surface area (Å²) in [6, 6.07) is 7.40. The van der Waals surface area contributed by atoms with Gasteiger partial charge in [0.15, 0.2) is 0 Å². The Bertz CT molecular complexity index is 483. The fourth-order valence-electron chi connectivity index (χ4n) is 2.73. The second-order valence-electron chi connectivity index (χ2n) is 5.66. The van der Waals surface area contributed by atoms with Crippen LogP contribution in [0, 0.1) is 0 Å². The molecule has 1 aromatic rings. The van der Waals surface area contributed by atoms with Crippen LogP contribution in [0.3, 0.4) is 0 Å². The van der Waals surface area contributed by atoms with Crippen LogP contribution in [0.15, 0.2) is 24.3 Å². The minimum absolute atomic E-state index is 0.330. The molecule has 1 N–H and O–H groups in total. The summed E-state index contributed by atoms with van der Waals surface area (Å²) in [5.74, 6) is -0.330. The van der Waals surface area contributed by atoms with Crippen molar-refractivity contribution in [3.63, 3.8) is 0 Å². The van der Waals surface area contributed by atoms with Crippen LogP contribution in [-0.4, -0.2) is 55.5 Å². The van der Waals surface area contributed by atoms with Crippen molar-refractivity contribution in [3.05, 3.63) is 35.4 Å². The number of hydrogen-bond donors (Lipinski definition) is 1. The highest BCUT2D eigenvalue weighted by Gasteiger charge is 2.31. The van der Waals surface area contributed by atoms with Crippen molar-refractivity contribution >= 4 is 5.97 Å². The van der Waals surface area contributed by atoms with Gasteiger partial charge in [0.1, 0.15) is 0 Å². The molecule has 0 aliphatic carbocycles. The first-order chi connectivity index (χ1) is 10.0. The SMILES string of the molecule is COC(=O)c1ccccc1CN(C)CC1(O)CCOCC1. The van der Waals surface area contributed by atoms with Gasteiger partial charge in [-0.2, -0.15) is 0 Å². The second kappa shape index (κ2) is 7.02. The molecular formula is C16H23NO4. The van der Waals surface area contributed by atoms with Crippen molar-refractivity contribution in [3.8, 4) is 0 Å². The smallest absolute Gasteiger partial charge is 0.338 e. The molecule has 21 heavy (non-hydrogen) atoms. The molecule has 0 unspecified atom stereocenters. The van der Waals surface area contributed by atoms with Crippen molar-refractivity contribution < 1.29 is 19.4 Å². The summed E-state index contributed by atoms with van der Waals surface area (Å²) in [4.78, 5) is 13.8. The lowest BCUT2D eigenvalue weighted by Gasteiger charge is -2.35. The average molecular weight is 293 g/mol. The third-order valence-corrected chi connectivity index (χ3v) is 3.85. The number of likely N-dealkylation sites (N-methyl/N-ethyl adjacent to an activating group) is 1. The topological polar surface area (TPSA) is 59.0 Å². The van der Waals surface area contributed by atoms with Gasteiger partial charge in [-0.1, -0.05) is 18.2 Å². The first-order valence-electron chi connectivity index (χ1n) is 7.19. The largest absolute Gasteiger partial charge is 0.465 e. The second-order valence-corrected chi connectivity index (χ2v) is 5.66. The Balaban J connectivity index is 2.02. The molecule has 1 aliphatic rings. The number of ether oxygens (including phenoxy) is 2. The molecule has 0 aromatic heterocycles. The summed E-state index contributed by atoms with van der Waals surface area (Å²) in [6.07, 6.45) is 1.30. The van der Waals surface area contributed by atoms with Gasteiger partial charge in [0.05, 0.1) is 18.3 Å². The van der Waals surface area contributed by atoms with Crippen molar-refractivity contribution in [2.24, 2.45) is 0 Å². The standard InChI is InChI=1S/C16H23NO4/c1-17(12-16(19)7-9-21-10-8-16)11-13-5-3-4-6-14(13)15(18)20-2/h3-6,19H,7-12H2,1-2H3. The summed E-state index contributed by atoms with van der Waals surface area (Å²) in [5, 5.41) is 10.5. The van der Waals surface area contributed by atoms with Crippen LogP contribution in [0.5, 0.6) is 0 Å². The van der Waals surface area contributed by atoms with E-state index in [2.05, 4.69) is 0 Å². The quantitative estimate of drug-likeness (QED) is 0.833. The number of aliphatic hydroxyl groups is 1. The molecule has 1 aliphatic heterocycles. The molecule has 0 atom stereocenters. The van der Waals surface area contributed by atoms with Gasteiger partial charge in [0.25, 0.3) is 0 Å². The predicted octanol–water partition coefficient (Wildman–Crippen LogP) is 1.45. The third-order valence-electron chi connectivity index (χ3n) is 3.85. The van der Waals surface area contributed by atoms with Crippen LogP contribution in [-0.2, 0) is 16.0 Å². The minimum atomic E-state index is -0.701. The maximum atomic E-state index is 11.8. The Morgan fingerprint density at radius 3 is 2.71 bits per heavy atom. The van der Waals surface area contributed by atoms with Crippen molar-refractivity contribution in [1.82, 2.24) is 4.90 Å². The first-order valence-corrected chi connectivity index (χ1v) is 7.19. The number of nitrogens with zero attached hydrogens (tertiary/aromatic N) is 1. The zero-order valence-corrected chi connectivity index (χ0v) is 12.7. The highest BCUT2D eigenvalue weighted by Crippen LogP contribution is 2.22. The molecule has 0 amide bonds. The molecule has 2 rings (SSSR count). The number of rotatable bonds is 5. The van der Waals surface area contributed by atoms with Crippen LogP contribution in [0.4, 0.5) is 0 Å². The van der Waals surface area contributed by atoms with Gasteiger partial charge in [-0.25, -0.2) is 4.79 Å².